The van der Waals surface area contributed by atoms with Gasteiger partial charge in [0.1, 0.15) is 11.6 Å². The molecule has 0 saturated carbocycles. The van der Waals surface area contributed by atoms with Gasteiger partial charge in [-0.3, -0.25) is 0 Å². The molecule has 20 heavy (non-hydrogen) atoms. The van der Waals surface area contributed by atoms with E-state index < -0.39 is 0 Å². The lowest BCUT2D eigenvalue weighted by molar-refractivity contribution is 0.266. The summed E-state index contributed by atoms with van der Waals surface area (Å²) in [4.78, 5) is 11.2. The molecule has 4 heteroatoms. The summed E-state index contributed by atoms with van der Waals surface area (Å²) < 4.78 is 0. The Balaban J connectivity index is 1.79. The molecule has 0 aliphatic carbocycles. The van der Waals surface area contributed by atoms with Crippen LogP contribution in [0.3, 0.4) is 0 Å². The zero-order chi connectivity index (χ0) is 13.8. The average Bonchev–Trinajstić information content (AvgIpc) is 2.97. The van der Waals surface area contributed by atoms with Crippen LogP contribution in [0, 0.1) is 0 Å². The summed E-state index contributed by atoms with van der Waals surface area (Å²) in [5.41, 5.74) is 1.21. The fraction of sp³-hybridized carbons (Fsp3) is 0.375. The Morgan fingerprint density at radius 3 is 2.85 bits per heavy atom. The number of aliphatic hydroxyl groups is 1. The van der Waals surface area contributed by atoms with E-state index in [0.717, 1.165) is 37.4 Å². The molecule has 1 atom stereocenters. The molecule has 2 heterocycles. The van der Waals surface area contributed by atoms with E-state index >= 15 is 0 Å². The van der Waals surface area contributed by atoms with E-state index in [1.54, 1.807) is 0 Å². The molecule has 1 aliphatic heterocycles. The minimum atomic E-state index is 0.192. The fourth-order valence-corrected chi connectivity index (χ4v) is 2.74. The predicted molar refractivity (Wildman–Crippen MR) is 78.7 cm³/mol. The van der Waals surface area contributed by atoms with Crippen LogP contribution in [0.15, 0.2) is 42.6 Å². The van der Waals surface area contributed by atoms with Crippen LogP contribution in [0.2, 0.25) is 0 Å². The van der Waals surface area contributed by atoms with E-state index in [-0.39, 0.29) is 12.6 Å². The van der Waals surface area contributed by atoms with Gasteiger partial charge in [-0.15, -0.1) is 0 Å². The quantitative estimate of drug-likeness (QED) is 0.922. The first-order chi connectivity index (χ1) is 9.86. The fourth-order valence-electron chi connectivity index (χ4n) is 2.74. The Kier molecular flexibility index (Phi) is 3.92. The number of aromatic nitrogens is 2. The van der Waals surface area contributed by atoms with Crippen LogP contribution in [-0.4, -0.2) is 34.3 Å². The summed E-state index contributed by atoms with van der Waals surface area (Å²) in [6.45, 7) is 1.16. The van der Waals surface area contributed by atoms with Gasteiger partial charge in [-0.25, -0.2) is 9.97 Å². The molecule has 104 valence electrons. The van der Waals surface area contributed by atoms with E-state index in [9.17, 15) is 5.11 Å². The van der Waals surface area contributed by atoms with Gasteiger partial charge in [0, 0.05) is 19.2 Å². The van der Waals surface area contributed by atoms with Crippen molar-refractivity contribution in [1.82, 2.24) is 9.97 Å². The molecule has 1 saturated heterocycles. The van der Waals surface area contributed by atoms with Gasteiger partial charge < -0.3 is 10.0 Å². The number of aliphatic hydroxyl groups excluding tert-OH is 1. The van der Waals surface area contributed by atoms with Gasteiger partial charge in [0.15, 0.2) is 0 Å². The average molecular weight is 269 g/mol. The second-order valence-corrected chi connectivity index (χ2v) is 5.17. The molecule has 0 bridgehead atoms. The van der Waals surface area contributed by atoms with Crippen LogP contribution in [-0.2, 0) is 6.42 Å². The Morgan fingerprint density at radius 2 is 2.05 bits per heavy atom. The third kappa shape index (κ3) is 2.80. The van der Waals surface area contributed by atoms with E-state index in [4.69, 9.17) is 0 Å². The summed E-state index contributed by atoms with van der Waals surface area (Å²) in [6, 6.07) is 12.4. The summed E-state index contributed by atoms with van der Waals surface area (Å²) in [5.74, 6) is 1.76. The van der Waals surface area contributed by atoms with Gasteiger partial charge in [0.25, 0.3) is 0 Å². The van der Waals surface area contributed by atoms with Gasteiger partial charge >= 0.3 is 0 Å². The van der Waals surface area contributed by atoms with Crippen molar-refractivity contribution in [3.05, 3.63) is 54.0 Å². The SMILES string of the molecule is OC[C@@H]1CCCN1c1ccnc(Cc2ccccc2)n1. The van der Waals surface area contributed by atoms with Gasteiger partial charge in [-0.2, -0.15) is 0 Å². The molecule has 0 unspecified atom stereocenters. The molecule has 0 radical (unpaired) electrons. The van der Waals surface area contributed by atoms with E-state index in [2.05, 4.69) is 27.0 Å². The molecule has 0 spiro atoms. The monoisotopic (exact) mass is 269 g/mol. The minimum absolute atomic E-state index is 0.192. The second kappa shape index (κ2) is 6.01. The molecular formula is C16H19N3O. The third-order valence-corrected chi connectivity index (χ3v) is 3.78. The van der Waals surface area contributed by atoms with E-state index in [1.165, 1.54) is 5.56 Å². The zero-order valence-corrected chi connectivity index (χ0v) is 11.4. The summed E-state index contributed by atoms with van der Waals surface area (Å²) in [5, 5.41) is 9.42. The van der Waals surface area contributed by atoms with Crippen molar-refractivity contribution in [2.75, 3.05) is 18.1 Å². The molecule has 3 rings (SSSR count). The van der Waals surface area contributed by atoms with Crippen LogP contribution in [0.1, 0.15) is 24.2 Å². The highest BCUT2D eigenvalue weighted by Gasteiger charge is 2.24. The predicted octanol–water partition coefficient (Wildman–Crippen LogP) is 2.03. The summed E-state index contributed by atoms with van der Waals surface area (Å²) in [6.07, 6.45) is 4.71. The number of hydrogen-bond acceptors (Lipinski definition) is 4. The first-order valence-electron chi connectivity index (χ1n) is 7.10. The lowest BCUT2D eigenvalue weighted by atomic mass is 10.1. The first-order valence-corrected chi connectivity index (χ1v) is 7.10. The molecule has 4 nitrogen and oxygen atoms in total. The molecule has 1 aromatic carbocycles. The van der Waals surface area contributed by atoms with E-state index in [0.29, 0.717) is 0 Å². The van der Waals surface area contributed by atoms with Crippen molar-refractivity contribution < 1.29 is 5.11 Å². The minimum Gasteiger partial charge on any atom is -0.394 e. The summed E-state index contributed by atoms with van der Waals surface area (Å²) >= 11 is 0. The maximum Gasteiger partial charge on any atom is 0.135 e. The molecule has 1 aromatic heterocycles. The smallest absolute Gasteiger partial charge is 0.135 e. The van der Waals surface area contributed by atoms with Crippen molar-refractivity contribution in [3.63, 3.8) is 0 Å². The number of anilines is 1. The van der Waals surface area contributed by atoms with E-state index in [1.807, 2.05) is 30.5 Å². The molecular weight excluding hydrogens is 250 g/mol. The highest BCUT2D eigenvalue weighted by atomic mass is 16.3. The lowest BCUT2D eigenvalue weighted by Gasteiger charge is -2.24. The lowest BCUT2D eigenvalue weighted by Crippen LogP contribution is -2.32. The van der Waals surface area contributed by atoms with Gasteiger partial charge in [0.05, 0.1) is 12.6 Å². The first kappa shape index (κ1) is 13.1. The maximum atomic E-state index is 9.42. The molecule has 1 N–H and O–H groups in total. The molecule has 0 amide bonds. The maximum absolute atomic E-state index is 9.42. The largest absolute Gasteiger partial charge is 0.394 e. The Morgan fingerprint density at radius 1 is 1.20 bits per heavy atom. The summed E-state index contributed by atoms with van der Waals surface area (Å²) in [7, 11) is 0. The number of nitrogens with zero attached hydrogens (tertiary/aromatic N) is 3. The Bertz CT molecular complexity index is 559. The highest BCUT2D eigenvalue weighted by Crippen LogP contribution is 2.23. The van der Waals surface area contributed by atoms with Gasteiger partial charge in [-0.1, -0.05) is 30.3 Å². The molecule has 1 fully saturated rings. The van der Waals surface area contributed by atoms with Crippen LogP contribution in [0.5, 0.6) is 0 Å². The van der Waals surface area contributed by atoms with Crippen molar-refractivity contribution in [3.8, 4) is 0 Å². The van der Waals surface area contributed by atoms with Gasteiger partial charge in [0.2, 0.25) is 0 Å². The molecule has 1 aliphatic rings. The van der Waals surface area contributed by atoms with Crippen LogP contribution >= 0.6 is 0 Å². The second-order valence-electron chi connectivity index (χ2n) is 5.17. The number of benzene rings is 1. The van der Waals surface area contributed by atoms with Crippen LogP contribution < -0.4 is 4.90 Å². The Labute approximate surface area is 119 Å². The zero-order valence-electron chi connectivity index (χ0n) is 11.4. The van der Waals surface area contributed by atoms with Crippen LogP contribution in [0.4, 0.5) is 5.82 Å². The Hall–Kier alpha value is -1.94. The number of rotatable bonds is 4. The normalized spacial score (nSPS) is 18.4. The van der Waals surface area contributed by atoms with Crippen molar-refractivity contribution in [1.29, 1.82) is 0 Å². The topological polar surface area (TPSA) is 49.2 Å². The van der Waals surface area contributed by atoms with Crippen LogP contribution in [0.25, 0.3) is 0 Å². The third-order valence-electron chi connectivity index (χ3n) is 3.78. The molecule has 2 aromatic rings. The standard InChI is InChI=1S/C16H19N3O/c20-12-14-7-4-10-19(14)16-8-9-17-15(18-16)11-13-5-2-1-3-6-13/h1-3,5-6,8-9,14,20H,4,7,10-12H2/t14-/m0/s1. The van der Waals surface area contributed by atoms with Crippen molar-refractivity contribution >= 4 is 5.82 Å². The number of hydrogen-bond donors (Lipinski definition) is 1. The van der Waals surface area contributed by atoms with Gasteiger partial charge in [-0.05, 0) is 24.5 Å². The van der Waals surface area contributed by atoms with Crippen molar-refractivity contribution in [2.45, 2.75) is 25.3 Å². The van der Waals surface area contributed by atoms with Crippen molar-refractivity contribution in [2.24, 2.45) is 0 Å². The highest BCUT2D eigenvalue weighted by molar-refractivity contribution is 5.40.